The lowest BCUT2D eigenvalue weighted by molar-refractivity contribution is 0.0525. The van der Waals surface area contributed by atoms with E-state index in [1.165, 1.54) is 0 Å². The van der Waals surface area contributed by atoms with Crippen molar-refractivity contribution in [2.75, 3.05) is 31.8 Å². The van der Waals surface area contributed by atoms with Crippen molar-refractivity contribution in [2.24, 2.45) is 5.73 Å². The van der Waals surface area contributed by atoms with E-state index in [4.69, 9.17) is 15.2 Å². The molecular formula is C22H28N2O4S2. The molecule has 162 valence electrons. The van der Waals surface area contributed by atoms with Crippen molar-refractivity contribution in [3.63, 3.8) is 0 Å². The molecule has 0 aliphatic carbocycles. The molecule has 2 N–H and O–H groups in total. The minimum atomic E-state index is -0.500. The van der Waals surface area contributed by atoms with Gasteiger partial charge in [0.25, 0.3) is 0 Å². The molecule has 0 aliphatic rings. The SMILES string of the molecule is CCOC(=O)c1c(C)nc(CSCCN)c(C(=O)OCC)c1-c1ccccc1SC. The number of nitrogens with two attached hydrogens (primary N) is 1. The number of hydrogen-bond acceptors (Lipinski definition) is 8. The van der Waals surface area contributed by atoms with Crippen molar-refractivity contribution in [1.82, 2.24) is 4.98 Å². The Labute approximate surface area is 186 Å². The maximum absolute atomic E-state index is 13.1. The summed E-state index contributed by atoms with van der Waals surface area (Å²) in [5, 5.41) is 0. The van der Waals surface area contributed by atoms with Gasteiger partial charge in [0, 0.05) is 28.5 Å². The summed E-state index contributed by atoms with van der Waals surface area (Å²) in [6.07, 6.45) is 1.96. The molecule has 2 rings (SSSR count). The Morgan fingerprint density at radius 3 is 2.30 bits per heavy atom. The number of carbonyl (C=O) groups excluding carboxylic acids is 2. The second kappa shape index (κ2) is 12.0. The molecule has 0 radical (unpaired) electrons. The van der Waals surface area contributed by atoms with Crippen molar-refractivity contribution in [3.8, 4) is 11.1 Å². The standard InChI is InChI=1S/C22H28N2O4S2/c1-5-27-21(25)18-14(3)24-16(13-30-12-11-23)20(22(26)28-6-2)19(18)15-9-7-8-10-17(15)29-4/h7-10H,5-6,11-13,23H2,1-4H3. The number of thioether (sulfide) groups is 2. The topological polar surface area (TPSA) is 91.5 Å². The minimum Gasteiger partial charge on any atom is -0.462 e. The Bertz CT molecular complexity index is 903. The van der Waals surface area contributed by atoms with Crippen molar-refractivity contribution in [1.29, 1.82) is 0 Å². The number of rotatable bonds is 10. The van der Waals surface area contributed by atoms with Gasteiger partial charge >= 0.3 is 11.9 Å². The van der Waals surface area contributed by atoms with Gasteiger partial charge in [-0.15, -0.1) is 11.8 Å². The summed E-state index contributed by atoms with van der Waals surface area (Å²) >= 11 is 3.13. The normalized spacial score (nSPS) is 10.7. The van der Waals surface area contributed by atoms with Crippen molar-refractivity contribution in [3.05, 3.63) is 46.8 Å². The third kappa shape index (κ3) is 5.56. The number of pyridine rings is 1. The molecule has 6 nitrogen and oxygen atoms in total. The third-order valence-electron chi connectivity index (χ3n) is 4.29. The molecule has 1 aromatic heterocycles. The summed E-state index contributed by atoms with van der Waals surface area (Å²) in [7, 11) is 0. The number of carbonyl (C=O) groups is 2. The Hall–Kier alpha value is -2.03. The predicted octanol–water partition coefficient (Wildman–Crippen LogP) is 4.32. The van der Waals surface area contributed by atoms with Crippen LogP contribution in [0.2, 0.25) is 0 Å². The summed E-state index contributed by atoms with van der Waals surface area (Å²) in [5.41, 5.74) is 8.66. The largest absolute Gasteiger partial charge is 0.462 e. The average molecular weight is 449 g/mol. The Morgan fingerprint density at radius 2 is 1.70 bits per heavy atom. The van der Waals surface area contributed by atoms with E-state index >= 15 is 0 Å². The molecule has 8 heteroatoms. The van der Waals surface area contributed by atoms with Gasteiger partial charge in [0.1, 0.15) is 0 Å². The first-order valence-corrected chi connectivity index (χ1v) is 12.2. The summed E-state index contributed by atoms with van der Waals surface area (Å²) < 4.78 is 10.7. The Kier molecular flexibility index (Phi) is 9.68. The summed E-state index contributed by atoms with van der Waals surface area (Å²) in [6, 6.07) is 7.68. The van der Waals surface area contributed by atoms with E-state index in [1.54, 1.807) is 44.3 Å². The summed E-state index contributed by atoms with van der Waals surface area (Å²) in [4.78, 5) is 31.6. The van der Waals surface area contributed by atoms with Crippen molar-refractivity contribution in [2.45, 2.75) is 31.4 Å². The third-order valence-corrected chi connectivity index (χ3v) is 6.09. The highest BCUT2D eigenvalue weighted by Crippen LogP contribution is 2.38. The highest BCUT2D eigenvalue weighted by atomic mass is 32.2. The van der Waals surface area contributed by atoms with Gasteiger partial charge in [0.2, 0.25) is 0 Å². The van der Waals surface area contributed by atoms with Crippen molar-refractivity contribution < 1.29 is 19.1 Å². The van der Waals surface area contributed by atoms with Gasteiger partial charge in [-0.2, -0.15) is 11.8 Å². The fraction of sp³-hybridized carbons (Fsp3) is 0.409. The van der Waals surface area contributed by atoms with Gasteiger partial charge in [0.15, 0.2) is 0 Å². The summed E-state index contributed by atoms with van der Waals surface area (Å²) in [6.45, 7) is 6.25. The first-order valence-electron chi connectivity index (χ1n) is 9.78. The molecule has 30 heavy (non-hydrogen) atoms. The number of aromatic nitrogens is 1. The lowest BCUT2D eigenvalue weighted by atomic mass is 9.92. The quantitative estimate of drug-likeness (QED) is 0.326. The molecule has 0 amide bonds. The molecule has 1 heterocycles. The van der Waals surface area contributed by atoms with Gasteiger partial charge in [0.05, 0.1) is 35.7 Å². The lowest BCUT2D eigenvalue weighted by Crippen LogP contribution is -2.19. The minimum absolute atomic E-state index is 0.223. The molecule has 0 unspecified atom stereocenters. The maximum Gasteiger partial charge on any atom is 0.340 e. The number of ether oxygens (including phenoxy) is 2. The van der Waals surface area contributed by atoms with Crippen molar-refractivity contribution >= 4 is 35.5 Å². The van der Waals surface area contributed by atoms with E-state index in [0.29, 0.717) is 40.4 Å². The molecule has 0 fully saturated rings. The number of benzene rings is 1. The van der Waals surface area contributed by atoms with E-state index < -0.39 is 11.9 Å². The van der Waals surface area contributed by atoms with Crippen LogP contribution in [0.25, 0.3) is 11.1 Å². The molecule has 0 atom stereocenters. The highest BCUT2D eigenvalue weighted by Gasteiger charge is 2.30. The number of hydrogen-bond donors (Lipinski definition) is 1. The summed E-state index contributed by atoms with van der Waals surface area (Å²) in [5.74, 6) is 0.230. The van der Waals surface area contributed by atoms with E-state index in [0.717, 1.165) is 16.2 Å². The molecule has 2 aromatic rings. The monoisotopic (exact) mass is 448 g/mol. The zero-order valence-electron chi connectivity index (χ0n) is 17.8. The van der Waals surface area contributed by atoms with Crippen LogP contribution in [0.3, 0.4) is 0 Å². The fourth-order valence-corrected chi connectivity index (χ4v) is 4.44. The molecule has 0 bridgehead atoms. The second-order valence-electron chi connectivity index (χ2n) is 6.25. The molecule has 0 aliphatic heterocycles. The first kappa shape index (κ1) is 24.2. The lowest BCUT2D eigenvalue weighted by Gasteiger charge is -2.20. The van der Waals surface area contributed by atoms with Crippen LogP contribution < -0.4 is 5.73 Å². The molecule has 0 saturated heterocycles. The van der Waals surface area contributed by atoms with Crippen LogP contribution >= 0.6 is 23.5 Å². The van der Waals surface area contributed by atoms with Crippen LogP contribution in [0, 0.1) is 6.92 Å². The number of nitrogens with zero attached hydrogens (tertiary/aromatic N) is 1. The predicted molar refractivity (Wildman–Crippen MR) is 123 cm³/mol. The van der Waals surface area contributed by atoms with Crippen LogP contribution in [0.1, 0.15) is 46.0 Å². The van der Waals surface area contributed by atoms with Crippen LogP contribution in [-0.4, -0.2) is 48.7 Å². The second-order valence-corrected chi connectivity index (χ2v) is 8.20. The van der Waals surface area contributed by atoms with Gasteiger partial charge in [-0.3, -0.25) is 4.98 Å². The number of aryl methyl sites for hydroxylation is 1. The first-order chi connectivity index (χ1) is 14.5. The molecule has 0 spiro atoms. The zero-order valence-corrected chi connectivity index (χ0v) is 19.5. The average Bonchev–Trinajstić information content (AvgIpc) is 2.73. The number of esters is 2. The van der Waals surface area contributed by atoms with Crippen LogP contribution in [0.15, 0.2) is 29.2 Å². The molecule has 1 aromatic carbocycles. The van der Waals surface area contributed by atoms with E-state index in [1.807, 2.05) is 30.5 Å². The van der Waals surface area contributed by atoms with Gasteiger partial charge in [-0.25, -0.2) is 9.59 Å². The molecule has 0 saturated carbocycles. The van der Waals surface area contributed by atoms with Gasteiger partial charge < -0.3 is 15.2 Å². The van der Waals surface area contributed by atoms with E-state index in [9.17, 15) is 9.59 Å². The van der Waals surface area contributed by atoms with Crippen LogP contribution in [0.5, 0.6) is 0 Å². The van der Waals surface area contributed by atoms with Crippen LogP contribution in [-0.2, 0) is 15.2 Å². The van der Waals surface area contributed by atoms with Crippen LogP contribution in [0.4, 0.5) is 0 Å². The van der Waals surface area contributed by atoms with E-state index in [2.05, 4.69) is 4.98 Å². The zero-order chi connectivity index (χ0) is 22.1. The smallest absolute Gasteiger partial charge is 0.340 e. The van der Waals surface area contributed by atoms with Gasteiger partial charge in [-0.1, -0.05) is 18.2 Å². The maximum atomic E-state index is 13.1. The van der Waals surface area contributed by atoms with E-state index in [-0.39, 0.29) is 13.2 Å². The highest BCUT2D eigenvalue weighted by molar-refractivity contribution is 7.98. The molecular weight excluding hydrogens is 420 g/mol. The Morgan fingerprint density at radius 1 is 1.07 bits per heavy atom. The fourth-order valence-electron chi connectivity index (χ4n) is 3.12. The van der Waals surface area contributed by atoms with Gasteiger partial charge in [-0.05, 0) is 38.7 Å². The Balaban J connectivity index is 2.88.